The molecule has 0 aromatic heterocycles. The van der Waals surface area contributed by atoms with Crippen LogP contribution in [0.2, 0.25) is 0 Å². The summed E-state index contributed by atoms with van der Waals surface area (Å²) >= 11 is 0. The molecule has 0 spiro atoms. The van der Waals surface area contributed by atoms with Crippen LogP contribution in [-0.2, 0) is 9.53 Å². The average Bonchev–Trinajstić information content (AvgIpc) is 3.05. The van der Waals surface area contributed by atoms with E-state index >= 15 is 0 Å². The van der Waals surface area contributed by atoms with Gasteiger partial charge in [0.1, 0.15) is 6.10 Å². The Bertz CT molecular complexity index is 885. The quantitative estimate of drug-likeness (QED) is 0.308. The van der Waals surface area contributed by atoms with Gasteiger partial charge in [0.05, 0.1) is 6.10 Å². The maximum absolute atomic E-state index is 11.8. The van der Waals surface area contributed by atoms with Crippen molar-refractivity contribution in [3.63, 3.8) is 0 Å². The van der Waals surface area contributed by atoms with Crippen LogP contribution < -0.4 is 0 Å². The number of hydrogen-bond donors (Lipinski definition) is 1. The molecule has 0 unspecified atom stereocenters. The van der Waals surface area contributed by atoms with Gasteiger partial charge in [-0.1, -0.05) is 65.3 Å². The third-order valence-electron chi connectivity index (χ3n) is 12.3. The van der Waals surface area contributed by atoms with E-state index in [-0.39, 0.29) is 34.4 Å². The monoisotopic (exact) mass is 484 g/mol. The van der Waals surface area contributed by atoms with Gasteiger partial charge in [0.2, 0.25) is 0 Å². The molecule has 4 rings (SSSR count). The summed E-state index contributed by atoms with van der Waals surface area (Å²) in [6, 6.07) is 0. The molecule has 0 heterocycles. The van der Waals surface area contributed by atoms with Crippen molar-refractivity contribution in [2.75, 3.05) is 0 Å². The lowest BCUT2D eigenvalue weighted by molar-refractivity contribution is -0.174. The van der Waals surface area contributed by atoms with Gasteiger partial charge in [0.15, 0.2) is 0 Å². The van der Waals surface area contributed by atoms with Crippen molar-refractivity contribution >= 4 is 5.97 Å². The van der Waals surface area contributed by atoms with Gasteiger partial charge < -0.3 is 9.84 Å². The molecule has 4 aliphatic rings. The fraction of sp³-hybridized carbons (Fsp3) is 0.844. The van der Waals surface area contributed by atoms with E-state index in [4.69, 9.17) is 4.74 Å². The zero-order valence-corrected chi connectivity index (χ0v) is 23.9. The number of allylic oxidation sites excluding steroid dienone is 2. The van der Waals surface area contributed by atoms with Crippen LogP contribution in [0.5, 0.6) is 0 Å². The van der Waals surface area contributed by atoms with Crippen molar-refractivity contribution in [2.24, 2.45) is 45.3 Å². The number of hydrogen-bond acceptors (Lipinski definition) is 3. The number of rotatable bonds is 6. The summed E-state index contributed by atoms with van der Waals surface area (Å²) in [7, 11) is 0. The Balaban J connectivity index is 1.59. The van der Waals surface area contributed by atoms with Crippen LogP contribution in [0.1, 0.15) is 113 Å². The van der Waals surface area contributed by atoms with Gasteiger partial charge in [-0.3, -0.25) is 4.79 Å². The fourth-order valence-electron chi connectivity index (χ4n) is 9.92. The van der Waals surface area contributed by atoms with E-state index in [0.717, 1.165) is 37.7 Å². The number of carbonyl (C=O) groups is 1. The zero-order chi connectivity index (χ0) is 26.0. The standard InChI is InChI=1S/C32H52O3/c1-20(2)26(34)12-10-21(3)23-14-18-32(9)25-11-13-27-29(5,6)28(35-22(4)33)16-17-30(27,7)24(25)15-19-31(23,32)8/h11,21,23-24,26-28,34H,1,10,12-19H2,2-9H3/t21-,23-,24-,26-,27+,28+,30-,31-,32+/m1/s1. The molecule has 4 aliphatic carbocycles. The number of aliphatic hydroxyl groups is 1. The summed E-state index contributed by atoms with van der Waals surface area (Å²) in [5.74, 6) is 2.40. The second kappa shape index (κ2) is 9.03. The number of fused-ring (bicyclic) bond motifs is 5. The van der Waals surface area contributed by atoms with Gasteiger partial charge in [0.25, 0.3) is 0 Å². The van der Waals surface area contributed by atoms with Gasteiger partial charge in [-0.25, -0.2) is 0 Å². The Morgan fingerprint density at radius 1 is 1.09 bits per heavy atom. The van der Waals surface area contributed by atoms with Crippen molar-refractivity contribution in [3.8, 4) is 0 Å². The lowest BCUT2D eigenvalue weighted by Crippen LogP contribution is -2.58. The van der Waals surface area contributed by atoms with Gasteiger partial charge in [0, 0.05) is 12.3 Å². The van der Waals surface area contributed by atoms with E-state index in [2.05, 4.69) is 54.2 Å². The van der Waals surface area contributed by atoms with E-state index < -0.39 is 0 Å². The molecule has 0 radical (unpaired) electrons. The van der Waals surface area contributed by atoms with Crippen molar-refractivity contribution in [1.29, 1.82) is 0 Å². The second-order valence-corrected chi connectivity index (χ2v) is 14.3. The van der Waals surface area contributed by atoms with Crippen LogP contribution in [0.4, 0.5) is 0 Å². The highest BCUT2D eigenvalue weighted by molar-refractivity contribution is 5.66. The van der Waals surface area contributed by atoms with Crippen molar-refractivity contribution < 1.29 is 14.6 Å². The summed E-state index contributed by atoms with van der Waals surface area (Å²) in [4.78, 5) is 11.8. The molecule has 9 atom stereocenters. The number of ether oxygens (including phenoxy) is 1. The van der Waals surface area contributed by atoms with Gasteiger partial charge in [-0.2, -0.15) is 0 Å². The topological polar surface area (TPSA) is 46.5 Å². The Labute approximate surface area is 215 Å². The molecule has 0 aliphatic heterocycles. The van der Waals surface area contributed by atoms with E-state index in [1.54, 1.807) is 12.5 Å². The minimum Gasteiger partial charge on any atom is -0.462 e. The fourth-order valence-corrected chi connectivity index (χ4v) is 9.92. The highest BCUT2D eigenvalue weighted by Gasteiger charge is 2.65. The van der Waals surface area contributed by atoms with E-state index in [9.17, 15) is 9.90 Å². The summed E-state index contributed by atoms with van der Waals surface area (Å²) in [6.45, 7) is 22.4. The van der Waals surface area contributed by atoms with Crippen LogP contribution in [-0.4, -0.2) is 23.3 Å². The molecule has 0 bridgehead atoms. The minimum absolute atomic E-state index is 0.000794. The van der Waals surface area contributed by atoms with Crippen LogP contribution in [0, 0.1) is 45.3 Å². The van der Waals surface area contributed by atoms with Crippen molar-refractivity contribution in [3.05, 3.63) is 23.8 Å². The number of aliphatic hydroxyl groups excluding tert-OH is 1. The van der Waals surface area contributed by atoms with Crippen LogP contribution in [0.3, 0.4) is 0 Å². The molecule has 0 aromatic rings. The molecule has 3 heteroatoms. The Hall–Kier alpha value is -1.09. The van der Waals surface area contributed by atoms with Gasteiger partial charge in [-0.15, -0.1) is 0 Å². The van der Waals surface area contributed by atoms with E-state index in [1.807, 2.05) is 6.92 Å². The Kier molecular flexibility index (Phi) is 6.96. The first kappa shape index (κ1) is 27.0. The van der Waals surface area contributed by atoms with Crippen LogP contribution in [0.25, 0.3) is 0 Å². The van der Waals surface area contributed by atoms with Crippen LogP contribution >= 0.6 is 0 Å². The highest BCUT2D eigenvalue weighted by atomic mass is 16.5. The van der Waals surface area contributed by atoms with Gasteiger partial charge in [-0.05, 0) is 105 Å². The third kappa shape index (κ3) is 4.07. The third-order valence-corrected chi connectivity index (χ3v) is 12.3. The predicted molar refractivity (Wildman–Crippen MR) is 144 cm³/mol. The smallest absolute Gasteiger partial charge is 0.302 e. The molecule has 3 saturated carbocycles. The minimum atomic E-state index is -0.364. The summed E-state index contributed by atoms with van der Waals surface area (Å²) in [6.07, 6.45) is 12.7. The van der Waals surface area contributed by atoms with Crippen molar-refractivity contribution in [2.45, 2.75) is 125 Å². The van der Waals surface area contributed by atoms with E-state index in [0.29, 0.717) is 29.1 Å². The molecular formula is C32H52O3. The second-order valence-electron chi connectivity index (χ2n) is 14.3. The summed E-state index contributed by atoms with van der Waals surface area (Å²) in [5, 5.41) is 10.3. The Morgan fingerprint density at radius 2 is 1.77 bits per heavy atom. The lowest BCUT2D eigenvalue weighted by Gasteiger charge is -2.64. The first-order valence-corrected chi connectivity index (χ1v) is 14.4. The predicted octanol–water partition coefficient (Wildman–Crippen LogP) is 7.88. The molecule has 198 valence electrons. The molecule has 35 heavy (non-hydrogen) atoms. The normalized spacial score (nSPS) is 43.7. The summed E-state index contributed by atoms with van der Waals surface area (Å²) in [5.41, 5.74) is 3.54. The lowest BCUT2D eigenvalue weighted by atomic mass is 9.41. The number of esters is 1. The van der Waals surface area contributed by atoms with Gasteiger partial charge >= 0.3 is 5.97 Å². The maximum atomic E-state index is 11.8. The number of carbonyl (C=O) groups excluding carboxylic acids is 1. The first-order chi connectivity index (χ1) is 16.2. The molecular weight excluding hydrogens is 432 g/mol. The molecule has 1 N–H and O–H groups in total. The van der Waals surface area contributed by atoms with Crippen molar-refractivity contribution in [1.82, 2.24) is 0 Å². The first-order valence-electron chi connectivity index (χ1n) is 14.4. The zero-order valence-electron chi connectivity index (χ0n) is 23.9. The largest absolute Gasteiger partial charge is 0.462 e. The average molecular weight is 485 g/mol. The highest BCUT2D eigenvalue weighted by Crippen LogP contribution is 2.73. The van der Waals surface area contributed by atoms with E-state index in [1.165, 1.54) is 25.7 Å². The summed E-state index contributed by atoms with van der Waals surface area (Å²) < 4.78 is 5.85. The SMILES string of the molecule is C=C(C)[C@H](O)CC[C@@H](C)[C@H]1CC[C@@]2(C)C3=CC[C@H]4C(C)(C)[C@@H](OC(C)=O)CC[C@]4(C)[C@@H]3CC[C@]12C. The van der Waals surface area contributed by atoms with Crippen LogP contribution in [0.15, 0.2) is 23.8 Å². The molecule has 0 saturated heterocycles. The Morgan fingerprint density at radius 3 is 2.40 bits per heavy atom. The molecule has 3 nitrogen and oxygen atoms in total. The molecule has 0 amide bonds. The molecule has 3 fully saturated rings. The molecule has 0 aromatic carbocycles. The maximum Gasteiger partial charge on any atom is 0.302 e.